The van der Waals surface area contributed by atoms with Gasteiger partial charge in [-0.15, -0.1) is 0 Å². The molecule has 208 valence electrons. The molecule has 2 heterocycles. The molecule has 1 saturated carbocycles. The molecule has 2 N–H and O–H groups in total. The van der Waals surface area contributed by atoms with Crippen molar-refractivity contribution in [3.05, 3.63) is 71.5 Å². The molecule has 40 heavy (non-hydrogen) atoms. The van der Waals surface area contributed by atoms with Crippen molar-refractivity contribution in [2.45, 2.75) is 18.9 Å². The normalized spacial score (nSPS) is 13.1. The molecule has 0 bridgehead atoms. The molecule has 0 radical (unpaired) electrons. The maximum atomic E-state index is 15.1. The van der Waals surface area contributed by atoms with E-state index in [1.165, 1.54) is 18.2 Å². The minimum Gasteiger partial charge on any atom is -0.372 e. The molecule has 0 aliphatic heterocycles. The number of anilines is 4. The van der Waals surface area contributed by atoms with E-state index in [2.05, 4.69) is 52.6 Å². The molecule has 4 aromatic rings. The largest absolute Gasteiger partial charge is 0.372 e. The Morgan fingerprint density at radius 3 is 2.65 bits per heavy atom. The molecule has 0 atom stereocenters. The van der Waals surface area contributed by atoms with E-state index in [4.69, 9.17) is 0 Å². The summed E-state index contributed by atoms with van der Waals surface area (Å²) in [4.78, 5) is 25.0. The number of nitrogens with zero attached hydrogens (tertiary/aromatic N) is 5. The number of carbonyl (C=O) groups is 1. The Morgan fingerprint density at radius 2 is 1.95 bits per heavy atom. The standard InChI is InChI=1S/C29H30BrF2N7O/c1-5-27(40)34-24-14-23(21(30)13-26(24)38(4)11-10-37(2)3)35-29-33-15-22(32)28(36-29)20-16-39(18-7-8-18)25-9-6-17(31)12-19(20)25/h5-6,9,12-16,18H,1,7-8,10-11H2,2-4H3,(H,34,40)(H,33,35,36). The van der Waals surface area contributed by atoms with E-state index >= 15 is 4.39 Å². The summed E-state index contributed by atoms with van der Waals surface area (Å²) in [5.41, 5.74) is 3.33. The summed E-state index contributed by atoms with van der Waals surface area (Å²) < 4.78 is 32.1. The first-order valence-electron chi connectivity index (χ1n) is 12.9. The number of rotatable bonds is 10. The van der Waals surface area contributed by atoms with Gasteiger partial charge in [0.15, 0.2) is 5.82 Å². The van der Waals surface area contributed by atoms with Gasteiger partial charge >= 0.3 is 0 Å². The van der Waals surface area contributed by atoms with Crippen LogP contribution in [0.25, 0.3) is 22.2 Å². The van der Waals surface area contributed by atoms with Gasteiger partial charge in [0.25, 0.3) is 0 Å². The van der Waals surface area contributed by atoms with Crippen LogP contribution in [0, 0.1) is 11.6 Å². The Labute approximate surface area is 239 Å². The Hall–Kier alpha value is -3.83. The predicted octanol–water partition coefficient (Wildman–Crippen LogP) is 6.34. The number of halogens is 3. The average Bonchev–Trinajstić information content (AvgIpc) is 3.70. The molecule has 0 unspecified atom stereocenters. The number of likely N-dealkylation sites (N-methyl/N-ethyl adjacent to an activating group) is 2. The lowest BCUT2D eigenvalue weighted by atomic mass is 10.1. The highest BCUT2D eigenvalue weighted by Crippen LogP contribution is 2.42. The van der Waals surface area contributed by atoms with Gasteiger partial charge in [-0.2, -0.15) is 0 Å². The van der Waals surface area contributed by atoms with E-state index in [-0.39, 0.29) is 17.5 Å². The van der Waals surface area contributed by atoms with E-state index in [1.807, 2.05) is 38.3 Å². The quantitative estimate of drug-likeness (QED) is 0.204. The fraction of sp³-hybridized carbons (Fsp3) is 0.276. The molecule has 2 aromatic carbocycles. The molecular formula is C29H30BrF2N7O. The molecule has 11 heteroatoms. The highest BCUT2D eigenvalue weighted by atomic mass is 79.9. The van der Waals surface area contributed by atoms with Crippen molar-refractivity contribution >= 4 is 55.8 Å². The molecule has 1 aliphatic rings. The number of hydrogen-bond donors (Lipinski definition) is 2. The van der Waals surface area contributed by atoms with Gasteiger partial charge in [0.1, 0.15) is 11.5 Å². The SMILES string of the molecule is C=CC(=O)Nc1cc(Nc2ncc(F)c(-c3cn(C4CC4)c4ccc(F)cc34)n2)c(Br)cc1N(C)CCN(C)C. The number of nitrogens with one attached hydrogen (secondary N) is 2. The molecule has 5 rings (SSSR count). The Balaban J connectivity index is 1.52. The van der Waals surface area contributed by atoms with E-state index in [9.17, 15) is 9.18 Å². The van der Waals surface area contributed by atoms with Crippen molar-refractivity contribution in [1.82, 2.24) is 19.4 Å². The summed E-state index contributed by atoms with van der Waals surface area (Å²) in [6.07, 6.45) is 6.20. The average molecular weight is 611 g/mol. The van der Waals surface area contributed by atoms with Gasteiger partial charge in [-0.25, -0.2) is 18.7 Å². The van der Waals surface area contributed by atoms with Gasteiger partial charge in [-0.05, 0) is 79.3 Å². The van der Waals surface area contributed by atoms with Crippen molar-refractivity contribution in [2.75, 3.05) is 49.8 Å². The second kappa shape index (κ2) is 11.3. The molecular weight excluding hydrogens is 580 g/mol. The lowest BCUT2D eigenvalue weighted by molar-refractivity contribution is -0.111. The van der Waals surface area contributed by atoms with Crippen LogP contribution < -0.4 is 15.5 Å². The first-order valence-corrected chi connectivity index (χ1v) is 13.7. The fourth-order valence-electron chi connectivity index (χ4n) is 4.54. The third kappa shape index (κ3) is 5.85. The topological polar surface area (TPSA) is 78.3 Å². The smallest absolute Gasteiger partial charge is 0.247 e. The summed E-state index contributed by atoms with van der Waals surface area (Å²) in [5.74, 6) is -1.21. The van der Waals surface area contributed by atoms with E-state index in [0.717, 1.165) is 43.3 Å². The van der Waals surface area contributed by atoms with Crippen LogP contribution in [-0.2, 0) is 4.79 Å². The Morgan fingerprint density at radius 1 is 1.18 bits per heavy atom. The summed E-state index contributed by atoms with van der Waals surface area (Å²) in [6, 6.07) is 8.50. The lowest BCUT2D eigenvalue weighted by Crippen LogP contribution is -2.29. The summed E-state index contributed by atoms with van der Waals surface area (Å²) in [6.45, 7) is 5.09. The number of carbonyl (C=O) groups excluding carboxylic acids is 1. The number of fused-ring (bicyclic) bond motifs is 1. The van der Waals surface area contributed by atoms with Gasteiger partial charge in [-0.1, -0.05) is 6.58 Å². The summed E-state index contributed by atoms with van der Waals surface area (Å²) in [5, 5.41) is 6.59. The van der Waals surface area contributed by atoms with Crippen LogP contribution in [0.5, 0.6) is 0 Å². The predicted molar refractivity (Wildman–Crippen MR) is 159 cm³/mol. The minimum absolute atomic E-state index is 0.0730. The molecule has 0 saturated heterocycles. The van der Waals surface area contributed by atoms with Crippen molar-refractivity contribution in [1.29, 1.82) is 0 Å². The molecule has 1 fully saturated rings. The van der Waals surface area contributed by atoms with Crippen LogP contribution in [0.15, 0.2) is 59.9 Å². The third-order valence-corrected chi connectivity index (χ3v) is 7.46. The second-order valence-electron chi connectivity index (χ2n) is 10.1. The van der Waals surface area contributed by atoms with Crippen molar-refractivity contribution < 1.29 is 13.6 Å². The van der Waals surface area contributed by atoms with Crippen molar-refractivity contribution in [2.24, 2.45) is 0 Å². The van der Waals surface area contributed by atoms with Crippen molar-refractivity contribution in [3.8, 4) is 11.3 Å². The maximum Gasteiger partial charge on any atom is 0.247 e. The number of amides is 1. The van der Waals surface area contributed by atoms with Gasteiger partial charge in [0.2, 0.25) is 11.9 Å². The number of hydrogen-bond acceptors (Lipinski definition) is 6. The van der Waals surface area contributed by atoms with Crippen LogP contribution in [0.3, 0.4) is 0 Å². The third-order valence-electron chi connectivity index (χ3n) is 6.80. The summed E-state index contributed by atoms with van der Waals surface area (Å²) in [7, 11) is 5.93. The highest BCUT2D eigenvalue weighted by molar-refractivity contribution is 9.10. The van der Waals surface area contributed by atoms with Crippen LogP contribution in [-0.4, -0.2) is 59.6 Å². The Kier molecular flexibility index (Phi) is 7.86. The maximum absolute atomic E-state index is 15.1. The zero-order valence-electron chi connectivity index (χ0n) is 22.5. The molecule has 1 aliphatic carbocycles. The van der Waals surface area contributed by atoms with Gasteiger partial charge in [0, 0.05) is 53.3 Å². The second-order valence-corrected chi connectivity index (χ2v) is 11.0. The highest BCUT2D eigenvalue weighted by Gasteiger charge is 2.27. The van der Waals surface area contributed by atoms with Gasteiger partial charge < -0.3 is 25.0 Å². The Bertz CT molecular complexity index is 1600. The molecule has 1 amide bonds. The molecule has 0 spiro atoms. The van der Waals surface area contributed by atoms with Crippen molar-refractivity contribution in [3.63, 3.8) is 0 Å². The van der Waals surface area contributed by atoms with Gasteiger partial charge in [0.05, 0.1) is 23.3 Å². The zero-order chi connectivity index (χ0) is 28.6. The minimum atomic E-state index is -0.611. The zero-order valence-corrected chi connectivity index (χ0v) is 24.1. The van der Waals surface area contributed by atoms with Crippen LogP contribution in [0.4, 0.5) is 31.8 Å². The number of benzene rings is 2. The van der Waals surface area contributed by atoms with E-state index in [0.29, 0.717) is 32.8 Å². The molecule has 8 nitrogen and oxygen atoms in total. The van der Waals surface area contributed by atoms with Gasteiger partial charge in [-0.3, -0.25) is 4.79 Å². The summed E-state index contributed by atoms with van der Waals surface area (Å²) >= 11 is 3.61. The first-order chi connectivity index (χ1) is 19.1. The molecule has 2 aromatic heterocycles. The van der Waals surface area contributed by atoms with Crippen LogP contribution in [0.2, 0.25) is 0 Å². The van der Waals surface area contributed by atoms with Crippen LogP contribution in [0.1, 0.15) is 18.9 Å². The monoisotopic (exact) mass is 609 g/mol. The van der Waals surface area contributed by atoms with E-state index in [1.54, 1.807) is 12.1 Å². The number of aromatic nitrogens is 3. The van der Waals surface area contributed by atoms with Crippen LogP contribution >= 0.6 is 15.9 Å². The first kappa shape index (κ1) is 27.7. The van der Waals surface area contributed by atoms with E-state index < -0.39 is 11.6 Å². The lowest BCUT2D eigenvalue weighted by Gasteiger charge is -2.25. The fourth-order valence-corrected chi connectivity index (χ4v) is 4.97.